The van der Waals surface area contributed by atoms with Gasteiger partial charge in [-0.1, -0.05) is 0 Å². The molecular formula is C15H28N2O4. The Balaban J connectivity index is 2.57. The molecular weight excluding hydrogens is 272 g/mol. The summed E-state index contributed by atoms with van der Waals surface area (Å²) in [6.07, 6.45) is 3.66. The molecule has 0 radical (unpaired) electrons. The molecule has 1 aliphatic rings. The number of likely N-dealkylation sites (tertiary alicyclic amines) is 1. The molecule has 0 bridgehead atoms. The lowest BCUT2D eigenvalue weighted by Crippen LogP contribution is -2.50. The van der Waals surface area contributed by atoms with Gasteiger partial charge in [-0.15, -0.1) is 0 Å². The largest absolute Gasteiger partial charge is 0.469 e. The molecule has 0 aliphatic carbocycles. The Hall–Kier alpha value is -1.14. The van der Waals surface area contributed by atoms with Gasteiger partial charge in [-0.2, -0.15) is 0 Å². The predicted molar refractivity (Wildman–Crippen MR) is 80.0 cm³/mol. The molecule has 1 unspecified atom stereocenters. The predicted octanol–water partition coefficient (Wildman–Crippen LogP) is 0.899. The normalized spacial score (nSPS) is 16.9. The first-order chi connectivity index (χ1) is 10.1. The molecule has 0 saturated carbocycles. The number of ether oxygens (including phenoxy) is 2. The van der Waals surface area contributed by atoms with E-state index in [9.17, 15) is 9.59 Å². The first-order valence-electron chi connectivity index (χ1n) is 7.68. The highest BCUT2D eigenvalue weighted by Crippen LogP contribution is 2.13. The van der Waals surface area contributed by atoms with E-state index in [0.29, 0.717) is 19.7 Å². The summed E-state index contributed by atoms with van der Waals surface area (Å²) < 4.78 is 9.77. The number of nitrogens with zero attached hydrogens (tertiary/aromatic N) is 2. The average molecular weight is 300 g/mol. The van der Waals surface area contributed by atoms with Gasteiger partial charge in [0.05, 0.1) is 26.2 Å². The molecule has 0 aromatic rings. The van der Waals surface area contributed by atoms with E-state index in [0.717, 1.165) is 25.9 Å². The molecule has 1 atom stereocenters. The zero-order valence-corrected chi connectivity index (χ0v) is 13.5. The molecule has 1 heterocycles. The first kappa shape index (κ1) is 17.9. The third-order valence-corrected chi connectivity index (χ3v) is 3.99. The minimum atomic E-state index is -0.255. The van der Waals surface area contributed by atoms with Crippen LogP contribution in [0.1, 0.15) is 32.6 Å². The fourth-order valence-corrected chi connectivity index (χ4v) is 2.58. The summed E-state index contributed by atoms with van der Waals surface area (Å²) in [5.41, 5.74) is 0. The zero-order chi connectivity index (χ0) is 15.7. The molecule has 1 fully saturated rings. The minimum Gasteiger partial charge on any atom is -0.469 e. The van der Waals surface area contributed by atoms with E-state index in [4.69, 9.17) is 4.74 Å². The fraction of sp³-hybridized carbons (Fsp3) is 0.867. The Kier molecular flexibility index (Phi) is 8.30. The van der Waals surface area contributed by atoms with E-state index in [-0.39, 0.29) is 24.3 Å². The third kappa shape index (κ3) is 6.01. The topological polar surface area (TPSA) is 59.1 Å². The van der Waals surface area contributed by atoms with Crippen LogP contribution in [-0.4, -0.2) is 74.7 Å². The Labute approximate surface area is 127 Å². The summed E-state index contributed by atoms with van der Waals surface area (Å²) in [4.78, 5) is 27.8. The number of rotatable bonds is 8. The molecule has 0 N–H and O–H groups in total. The van der Waals surface area contributed by atoms with Gasteiger partial charge >= 0.3 is 5.97 Å². The maximum Gasteiger partial charge on any atom is 0.306 e. The van der Waals surface area contributed by atoms with Crippen LogP contribution in [0.15, 0.2) is 0 Å². The van der Waals surface area contributed by atoms with Gasteiger partial charge in [0.15, 0.2) is 0 Å². The Morgan fingerprint density at radius 2 is 1.81 bits per heavy atom. The highest BCUT2D eigenvalue weighted by atomic mass is 16.5. The van der Waals surface area contributed by atoms with Gasteiger partial charge in [0, 0.05) is 33.3 Å². The molecule has 1 aliphatic heterocycles. The second-order valence-corrected chi connectivity index (χ2v) is 5.42. The quantitative estimate of drug-likeness (QED) is 0.623. The van der Waals surface area contributed by atoms with E-state index in [1.807, 2.05) is 16.7 Å². The minimum absolute atomic E-state index is 0.149. The lowest BCUT2D eigenvalue weighted by Gasteiger charge is -2.34. The second-order valence-electron chi connectivity index (χ2n) is 5.42. The van der Waals surface area contributed by atoms with Crippen molar-refractivity contribution in [3.8, 4) is 0 Å². The third-order valence-electron chi connectivity index (χ3n) is 3.99. The maximum atomic E-state index is 12.5. The Bertz CT molecular complexity index is 330. The Morgan fingerprint density at radius 3 is 2.38 bits per heavy atom. The monoisotopic (exact) mass is 300 g/mol. The number of hydrogen-bond acceptors (Lipinski definition) is 5. The molecule has 6 nitrogen and oxygen atoms in total. The van der Waals surface area contributed by atoms with Gasteiger partial charge in [-0.05, 0) is 26.2 Å². The summed E-state index contributed by atoms with van der Waals surface area (Å²) in [6.45, 7) is 5.28. The summed E-state index contributed by atoms with van der Waals surface area (Å²) in [7, 11) is 3.01. The van der Waals surface area contributed by atoms with Gasteiger partial charge in [-0.25, -0.2) is 0 Å². The zero-order valence-electron chi connectivity index (χ0n) is 13.5. The van der Waals surface area contributed by atoms with E-state index < -0.39 is 0 Å². The smallest absolute Gasteiger partial charge is 0.306 e. The van der Waals surface area contributed by atoms with Crippen LogP contribution in [0.25, 0.3) is 0 Å². The molecule has 0 spiro atoms. The number of amides is 1. The Morgan fingerprint density at radius 1 is 1.14 bits per heavy atom. The van der Waals surface area contributed by atoms with E-state index in [2.05, 4.69) is 4.74 Å². The molecule has 0 aromatic carbocycles. The van der Waals surface area contributed by atoms with Crippen LogP contribution in [0.5, 0.6) is 0 Å². The van der Waals surface area contributed by atoms with Crippen molar-refractivity contribution in [2.45, 2.75) is 38.6 Å². The van der Waals surface area contributed by atoms with Gasteiger partial charge in [0.1, 0.15) is 0 Å². The highest BCUT2D eigenvalue weighted by molar-refractivity contribution is 5.81. The molecule has 1 amide bonds. The lowest BCUT2D eigenvalue weighted by molar-refractivity contribution is -0.143. The number of carbonyl (C=O) groups is 2. The van der Waals surface area contributed by atoms with Crippen LogP contribution in [0.4, 0.5) is 0 Å². The molecule has 1 saturated heterocycles. The number of hydrogen-bond donors (Lipinski definition) is 0. The summed E-state index contributed by atoms with van der Waals surface area (Å²) in [6, 6.07) is -0.233. The van der Waals surface area contributed by atoms with Gasteiger partial charge in [0.25, 0.3) is 0 Å². The van der Waals surface area contributed by atoms with Crippen LogP contribution < -0.4 is 0 Å². The summed E-state index contributed by atoms with van der Waals surface area (Å²) >= 11 is 0. The first-order valence-corrected chi connectivity index (χ1v) is 7.68. The number of esters is 1. The maximum absolute atomic E-state index is 12.5. The second kappa shape index (κ2) is 9.73. The van der Waals surface area contributed by atoms with Crippen molar-refractivity contribution in [2.24, 2.45) is 0 Å². The highest BCUT2D eigenvalue weighted by Gasteiger charge is 2.27. The van der Waals surface area contributed by atoms with Crippen molar-refractivity contribution in [1.29, 1.82) is 0 Å². The fourth-order valence-electron chi connectivity index (χ4n) is 2.58. The lowest BCUT2D eigenvalue weighted by atomic mass is 10.1. The van der Waals surface area contributed by atoms with Crippen molar-refractivity contribution in [3.63, 3.8) is 0 Å². The van der Waals surface area contributed by atoms with Crippen LogP contribution in [-0.2, 0) is 19.1 Å². The van der Waals surface area contributed by atoms with Crippen molar-refractivity contribution >= 4 is 11.9 Å². The number of piperidine rings is 1. The van der Waals surface area contributed by atoms with E-state index in [1.54, 1.807) is 7.11 Å². The number of carbonyl (C=O) groups excluding carboxylic acids is 2. The van der Waals surface area contributed by atoms with Crippen molar-refractivity contribution < 1.29 is 19.1 Å². The molecule has 0 aromatic heterocycles. The molecule has 122 valence electrons. The molecule has 1 rings (SSSR count). The van der Waals surface area contributed by atoms with Crippen molar-refractivity contribution in [3.05, 3.63) is 0 Å². The molecule has 6 heteroatoms. The van der Waals surface area contributed by atoms with Crippen LogP contribution in [0.2, 0.25) is 0 Å². The van der Waals surface area contributed by atoms with Crippen LogP contribution in [0, 0.1) is 0 Å². The van der Waals surface area contributed by atoms with Gasteiger partial charge in [0.2, 0.25) is 5.91 Å². The SMILES string of the molecule is COCCN(CCC(=O)OC)C(C)C(=O)N1CCCCC1. The van der Waals surface area contributed by atoms with Crippen molar-refractivity contribution in [1.82, 2.24) is 9.80 Å². The van der Waals surface area contributed by atoms with E-state index in [1.165, 1.54) is 13.5 Å². The van der Waals surface area contributed by atoms with Gasteiger partial charge in [-0.3, -0.25) is 14.5 Å². The van der Waals surface area contributed by atoms with Crippen molar-refractivity contribution in [2.75, 3.05) is 47.0 Å². The van der Waals surface area contributed by atoms with Crippen LogP contribution >= 0.6 is 0 Å². The van der Waals surface area contributed by atoms with E-state index >= 15 is 0 Å². The summed E-state index contributed by atoms with van der Waals surface area (Å²) in [5.74, 6) is -0.106. The summed E-state index contributed by atoms with van der Waals surface area (Å²) in [5, 5.41) is 0. The van der Waals surface area contributed by atoms with Crippen LogP contribution in [0.3, 0.4) is 0 Å². The van der Waals surface area contributed by atoms with Gasteiger partial charge < -0.3 is 14.4 Å². The standard InChI is InChI=1S/C15H28N2O4/c1-13(15(19)17-8-5-4-6-9-17)16(11-12-20-2)10-7-14(18)21-3/h13H,4-12H2,1-3H3. The number of methoxy groups -OCH3 is 2. The molecule has 21 heavy (non-hydrogen) atoms. The average Bonchev–Trinajstić information content (AvgIpc) is 2.54.